The summed E-state index contributed by atoms with van der Waals surface area (Å²) in [5.41, 5.74) is 1.09. The molecule has 0 amide bonds. The van der Waals surface area contributed by atoms with Crippen LogP contribution in [0.4, 0.5) is 13.2 Å². The van der Waals surface area contributed by atoms with Gasteiger partial charge in [-0.3, -0.25) is 0 Å². The van der Waals surface area contributed by atoms with E-state index in [1.54, 1.807) is 31.2 Å². The van der Waals surface area contributed by atoms with Gasteiger partial charge in [0.25, 0.3) is 0 Å². The van der Waals surface area contributed by atoms with Crippen molar-refractivity contribution in [3.05, 3.63) is 40.9 Å². The van der Waals surface area contributed by atoms with Gasteiger partial charge in [0.2, 0.25) is 0 Å². The molecule has 2 rings (SSSR count). The van der Waals surface area contributed by atoms with Crippen LogP contribution in [0.15, 0.2) is 35.4 Å². The molecule has 150 valence electrons. The molecule has 0 spiro atoms. The van der Waals surface area contributed by atoms with Gasteiger partial charge in [-0.15, -0.1) is 0 Å². The number of carbonyl (C=O) groups is 1. The fraction of sp³-hybridized carbons (Fsp3) is 0.500. The first-order chi connectivity index (χ1) is 12.6. The lowest BCUT2D eigenvalue weighted by Crippen LogP contribution is -2.47. The van der Waals surface area contributed by atoms with Gasteiger partial charge in [0.1, 0.15) is 5.75 Å². The molecule has 1 N–H and O–H groups in total. The number of nitrogens with zero attached hydrogens (tertiary/aromatic N) is 1. The van der Waals surface area contributed by atoms with Crippen molar-refractivity contribution in [1.82, 2.24) is 4.90 Å². The molecule has 0 aromatic heterocycles. The zero-order chi connectivity index (χ0) is 20.2. The summed E-state index contributed by atoms with van der Waals surface area (Å²) in [5.74, 6) is -0.0406. The minimum Gasteiger partial charge on any atom is -0.482 e. The third-order valence-electron chi connectivity index (χ3n) is 4.09. The molecule has 1 heterocycles. The Bertz CT molecular complexity index is 676. The number of aliphatic hydroxyl groups excluding tert-OH is 1. The molecule has 3 unspecified atom stereocenters. The van der Waals surface area contributed by atoms with Crippen molar-refractivity contribution in [3.63, 3.8) is 0 Å². The number of aliphatic hydroxyl groups is 1. The van der Waals surface area contributed by atoms with E-state index >= 15 is 0 Å². The molecular weight excluding hydrogens is 383 g/mol. The first-order valence-electron chi connectivity index (χ1n) is 8.30. The highest BCUT2D eigenvalue weighted by molar-refractivity contribution is 8.03. The summed E-state index contributed by atoms with van der Waals surface area (Å²) in [6.45, 7) is 2.94. The normalized spacial score (nSPS) is 19.4. The van der Waals surface area contributed by atoms with E-state index in [1.165, 1.54) is 24.3 Å². The molecule has 1 aliphatic rings. The Morgan fingerprint density at radius 1 is 1.30 bits per heavy atom. The third kappa shape index (κ3) is 5.55. The summed E-state index contributed by atoms with van der Waals surface area (Å²) in [7, 11) is 1.26. The third-order valence-corrected chi connectivity index (χ3v) is 5.22. The Hall–Kier alpha value is -1.87. The number of methoxy groups -OCH3 is 1. The maximum atomic E-state index is 13.3. The molecule has 0 bridgehead atoms. The molecule has 1 aromatic carbocycles. The molecule has 9 heteroatoms. The van der Waals surface area contributed by atoms with Crippen molar-refractivity contribution in [3.8, 4) is 5.75 Å². The highest BCUT2D eigenvalue weighted by Crippen LogP contribution is 2.43. The number of alkyl halides is 3. The predicted octanol–water partition coefficient (Wildman–Crippen LogP) is 3.33. The maximum absolute atomic E-state index is 13.3. The van der Waals surface area contributed by atoms with Crippen LogP contribution in [-0.2, 0) is 16.0 Å². The topological polar surface area (TPSA) is 59.0 Å². The Morgan fingerprint density at radius 3 is 2.44 bits per heavy atom. The number of rotatable bonds is 7. The largest absolute Gasteiger partial charge is 0.482 e. The summed E-state index contributed by atoms with van der Waals surface area (Å²) in [4.78, 5) is 12.3. The summed E-state index contributed by atoms with van der Waals surface area (Å²) in [6.07, 6.45) is -5.03. The molecule has 3 atom stereocenters. The first-order valence-corrected chi connectivity index (χ1v) is 9.25. The van der Waals surface area contributed by atoms with Crippen LogP contribution >= 0.6 is 11.8 Å². The lowest BCUT2D eigenvalue weighted by atomic mass is 10.0. The molecule has 1 aromatic rings. The summed E-state index contributed by atoms with van der Waals surface area (Å²) < 4.78 is 49.8. The Kier molecular flexibility index (Phi) is 7.05. The Balaban J connectivity index is 2.06. The van der Waals surface area contributed by atoms with Crippen LogP contribution in [0.3, 0.4) is 0 Å². The fourth-order valence-corrected chi connectivity index (χ4v) is 3.99. The minimum absolute atomic E-state index is 0.215. The molecule has 5 nitrogen and oxygen atoms in total. The van der Waals surface area contributed by atoms with Crippen molar-refractivity contribution in [2.75, 3.05) is 13.7 Å². The van der Waals surface area contributed by atoms with Gasteiger partial charge in [0.05, 0.1) is 18.9 Å². The first kappa shape index (κ1) is 21.4. The lowest BCUT2D eigenvalue weighted by Gasteiger charge is -2.36. The number of carbonyl (C=O) groups excluding carboxylic acids is 1. The van der Waals surface area contributed by atoms with Crippen LogP contribution in [0.25, 0.3) is 0 Å². The highest BCUT2D eigenvalue weighted by atomic mass is 32.2. The SMILES string of the molecule is COC(=O)COc1ccc(CC(C)N2C(C(C)O)=CSC2C(F)(F)F)cc1. The van der Waals surface area contributed by atoms with E-state index in [0.717, 1.165) is 5.56 Å². The van der Waals surface area contributed by atoms with Crippen LogP contribution in [-0.4, -0.2) is 53.4 Å². The quantitative estimate of drug-likeness (QED) is 0.703. The van der Waals surface area contributed by atoms with Gasteiger partial charge in [-0.25, -0.2) is 4.79 Å². The second kappa shape index (κ2) is 8.88. The lowest BCUT2D eigenvalue weighted by molar-refractivity contribution is -0.157. The second-order valence-corrected chi connectivity index (χ2v) is 7.17. The molecule has 0 fully saturated rings. The van der Waals surface area contributed by atoms with Crippen molar-refractivity contribution in [2.45, 2.75) is 44.0 Å². The molecule has 0 saturated heterocycles. The van der Waals surface area contributed by atoms with E-state index in [1.807, 2.05) is 0 Å². The summed E-state index contributed by atoms with van der Waals surface area (Å²) in [5, 5.41) is 9.51. The standard InChI is InChI=1S/C18H22F3NO4S/c1-11(22-15(12(2)23)10-27-17(22)18(19,20)21)8-13-4-6-14(7-5-13)26-9-16(24)25-3/h4-7,10-12,17,23H,8-9H2,1-3H3. The highest BCUT2D eigenvalue weighted by Gasteiger charge is 2.49. The molecule has 1 aliphatic heterocycles. The summed E-state index contributed by atoms with van der Waals surface area (Å²) >= 11 is 0.662. The van der Waals surface area contributed by atoms with Crippen LogP contribution in [0.1, 0.15) is 19.4 Å². The average molecular weight is 405 g/mol. The van der Waals surface area contributed by atoms with Gasteiger partial charge in [-0.1, -0.05) is 23.9 Å². The van der Waals surface area contributed by atoms with E-state index in [9.17, 15) is 23.1 Å². The van der Waals surface area contributed by atoms with E-state index in [4.69, 9.17) is 4.74 Å². The van der Waals surface area contributed by atoms with Gasteiger partial charge in [0.15, 0.2) is 12.0 Å². The monoisotopic (exact) mass is 405 g/mol. The summed E-state index contributed by atoms with van der Waals surface area (Å²) in [6, 6.07) is 6.29. The van der Waals surface area contributed by atoms with Crippen LogP contribution in [0.5, 0.6) is 5.75 Å². The number of hydrogen-bond donors (Lipinski definition) is 1. The zero-order valence-electron chi connectivity index (χ0n) is 15.2. The minimum atomic E-state index is -4.41. The van der Waals surface area contributed by atoms with E-state index in [0.29, 0.717) is 23.9 Å². The van der Waals surface area contributed by atoms with E-state index < -0.39 is 29.7 Å². The van der Waals surface area contributed by atoms with Gasteiger partial charge in [0, 0.05) is 6.04 Å². The van der Waals surface area contributed by atoms with Gasteiger partial charge >= 0.3 is 12.1 Å². The Morgan fingerprint density at radius 2 is 1.93 bits per heavy atom. The number of halogens is 3. The smallest absolute Gasteiger partial charge is 0.418 e. The Labute approximate surface area is 160 Å². The van der Waals surface area contributed by atoms with Gasteiger partial charge in [-0.2, -0.15) is 13.2 Å². The second-order valence-electron chi connectivity index (χ2n) is 6.22. The number of thioether (sulfide) groups is 1. The number of benzene rings is 1. The molecular formula is C18H22F3NO4S. The average Bonchev–Trinajstić information content (AvgIpc) is 3.06. The maximum Gasteiger partial charge on any atom is 0.418 e. The van der Waals surface area contributed by atoms with Crippen LogP contribution < -0.4 is 4.74 Å². The molecule has 0 radical (unpaired) electrons. The van der Waals surface area contributed by atoms with Crippen molar-refractivity contribution >= 4 is 17.7 Å². The van der Waals surface area contributed by atoms with E-state index in [2.05, 4.69) is 4.74 Å². The predicted molar refractivity (Wildman–Crippen MR) is 96.2 cm³/mol. The molecule has 0 aliphatic carbocycles. The molecule has 27 heavy (non-hydrogen) atoms. The molecule has 0 saturated carbocycles. The van der Waals surface area contributed by atoms with Crippen LogP contribution in [0, 0.1) is 0 Å². The van der Waals surface area contributed by atoms with Gasteiger partial charge < -0.3 is 19.5 Å². The van der Waals surface area contributed by atoms with Crippen LogP contribution in [0.2, 0.25) is 0 Å². The zero-order valence-corrected chi connectivity index (χ0v) is 16.0. The van der Waals surface area contributed by atoms with E-state index in [-0.39, 0.29) is 12.3 Å². The van der Waals surface area contributed by atoms with Crippen molar-refractivity contribution in [2.24, 2.45) is 0 Å². The van der Waals surface area contributed by atoms with Gasteiger partial charge in [-0.05, 0) is 43.4 Å². The fourth-order valence-electron chi connectivity index (χ4n) is 2.79. The number of esters is 1. The van der Waals surface area contributed by atoms with Crippen molar-refractivity contribution < 1.29 is 32.5 Å². The van der Waals surface area contributed by atoms with Crippen molar-refractivity contribution in [1.29, 1.82) is 0 Å². The number of hydrogen-bond acceptors (Lipinski definition) is 6. The number of ether oxygens (including phenoxy) is 2.